The minimum Gasteiger partial charge on any atom is -0.345 e. The normalized spacial score (nSPS) is 26.4. The number of hydrogen-bond acceptors (Lipinski definition) is 2. The average Bonchev–Trinajstić information content (AvgIpc) is 2.42. The number of terminal acetylenes is 1. The number of ether oxygens (including phenoxy) is 2. The number of hydrogen-bond donors (Lipinski definition) is 0. The molecule has 1 saturated heterocycles. The van der Waals surface area contributed by atoms with Crippen LogP contribution < -0.4 is 0 Å². The van der Waals surface area contributed by atoms with Crippen LogP contribution in [0.3, 0.4) is 0 Å². The van der Waals surface area contributed by atoms with Crippen LogP contribution in [0.4, 0.5) is 0 Å². The van der Waals surface area contributed by atoms with Gasteiger partial charge in [-0.15, -0.1) is 6.42 Å². The summed E-state index contributed by atoms with van der Waals surface area (Å²) in [5.41, 5.74) is 0. The highest BCUT2D eigenvalue weighted by Gasteiger charge is 2.21. The Hall–Kier alpha value is -0.520. The first kappa shape index (κ1) is 4.63. The summed E-state index contributed by atoms with van der Waals surface area (Å²) >= 11 is 0. The predicted octanol–water partition coefficient (Wildman–Crippen LogP) is -0.00750. The molecule has 1 aliphatic heterocycles. The van der Waals surface area contributed by atoms with Gasteiger partial charge in [0.05, 0.1) is 0 Å². The van der Waals surface area contributed by atoms with Crippen LogP contribution in [0, 0.1) is 12.3 Å². The Labute approximate surface area is 42.4 Å². The summed E-state index contributed by atoms with van der Waals surface area (Å²) in [6.45, 7) is 1.08. The summed E-state index contributed by atoms with van der Waals surface area (Å²) in [5, 5.41) is 0. The molecule has 0 amide bonds. The van der Waals surface area contributed by atoms with Crippen molar-refractivity contribution in [2.45, 2.75) is 6.29 Å². The Morgan fingerprint density at radius 3 is 3.14 bits per heavy atom. The van der Waals surface area contributed by atoms with Crippen LogP contribution in [0.2, 0.25) is 0 Å². The molecule has 1 rings (SSSR count). The van der Waals surface area contributed by atoms with Gasteiger partial charge in [0, 0.05) is 0 Å². The SMILES string of the molecule is C#CCOC1CO1. The molecular weight excluding hydrogens is 92.1 g/mol. The van der Waals surface area contributed by atoms with E-state index >= 15 is 0 Å². The van der Waals surface area contributed by atoms with E-state index in [1.807, 2.05) is 0 Å². The molecule has 0 N–H and O–H groups in total. The van der Waals surface area contributed by atoms with Crippen molar-refractivity contribution in [1.29, 1.82) is 0 Å². The van der Waals surface area contributed by atoms with E-state index in [1.54, 1.807) is 0 Å². The third kappa shape index (κ3) is 1.58. The maximum absolute atomic E-state index is 4.87. The summed E-state index contributed by atoms with van der Waals surface area (Å²) in [6, 6.07) is 0. The van der Waals surface area contributed by atoms with E-state index in [0.29, 0.717) is 13.2 Å². The van der Waals surface area contributed by atoms with Crippen molar-refractivity contribution in [2.75, 3.05) is 13.2 Å². The molecule has 0 aliphatic carbocycles. The minimum atomic E-state index is 0.0102. The van der Waals surface area contributed by atoms with Crippen molar-refractivity contribution in [1.82, 2.24) is 0 Å². The second-order valence-electron chi connectivity index (χ2n) is 1.28. The molecule has 0 aromatic carbocycles. The fraction of sp³-hybridized carbons (Fsp3) is 0.600. The maximum Gasteiger partial charge on any atom is 0.182 e. The summed E-state index contributed by atoms with van der Waals surface area (Å²) < 4.78 is 9.54. The van der Waals surface area contributed by atoms with Crippen LogP contribution in [-0.2, 0) is 9.47 Å². The summed E-state index contributed by atoms with van der Waals surface area (Å²) in [5.74, 6) is 2.34. The Bertz CT molecular complexity index is 88.7. The Kier molecular flexibility index (Phi) is 1.30. The van der Waals surface area contributed by atoms with Crippen molar-refractivity contribution in [2.24, 2.45) is 0 Å². The maximum atomic E-state index is 4.87. The molecule has 0 aromatic rings. The van der Waals surface area contributed by atoms with Gasteiger partial charge in [0.25, 0.3) is 0 Å². The molecule has 1 fully saturated rings. The van der Waals surface area contributed by atoms with E-state index in [1.165, 1.54) is 0 Å². The third-order valence-electron chi connectivity index (χ3n) is 0.655. The lowest BCUT2D eigenvalue weighted by Gasteiger charge is -1.86. The lowest BCUT2D eigenvalue weighted by atomic mass is 10.7. The van der Waals surface area contributed by atoms with E-state index in [9.17, 15) is 0 Å². The predicted molar refractivity (Wildman–Crippen MR) is 24.5 cm³/mol. The van der Waals surface area contributed by atoms with E-state index in [-0.39, 0.29) is 6.29 Å². The van der Waals surface area contributed by atoms with Crippen LogP contribution in [0.15, 0.2) is 0 Å². The molecule has 0 radical (unpaired) electrons. The standard InChI is InChI=1S/C5H6O2/c1-2-3-6-5-4-7-5/h1,5H,3-4H2. The number of epoxide rings is 1. The molecular formula is C5H6O2. The van der Waals surface area contributed by atoms with Gasteiger partial charge >= 0.3 is 0 Å². The Morgan fingerprint density at radius 2 is 2.71 bits per heavy atom. The van der Waals surface area contributed by atoms with Crippen molar-refractivity contribution >= 4 is 0 Å². The van der Waals surface area contributed by atoms with Gasteiger partial charge in [-0.05, 0) is 0 Å². The first-order valence-electron chi connectivity index (χ1n) is 2.10. The zero-order valence-electron chi connectivity index (χ0n) is 3.89. The quantitative estimate of drug-likeness (QED) is 0.358. The molecule has 0 saturated carbocycles. The van der Waals surface area contributed by atoms with E-state index < -0.39 is 0 Å². The van der Waals surface area contributed by atoms with Crippen LogP contribution in [0.5, 0.6) is 0 Å². The highest BCUT2D eigenvalue weighted by molar-refractivity contribution is 4.83. The fourth-order valence-electron chi connectivity index (χ4n) is 0.277. The summed E-state index contributed by atoms with van der Waals surface area (Å²) in [7, 11) is 0. The lowest BCUT2D eigenvalue weighted by molar-refractivity contribution is 0.0729. The highest BCUT2D eigenvalue weighted by atomic mass is 16.8. The molecule has 0 aromatic heterocycles. The molecule has 0 bridgehead atoms. The molecule has 7 heavy (non-hydrogen) atoms. The van der Waals surface area contributed by atoms with Gasteiger partial charge < -0.3 is 9.47 Å². The topological polar surface area (TPSA) is 21.8 Å². The molecule has 0 spiro atoms. The Balaban J connectivity index is 1.91. The van der Waals surface area contributed by atoms with Crippen molar-refractivity contribution in [3.05, 3.63) is 0 Å². The molecule has 2 nitrogen and oxygen atoms in total. The average molecular weight is 98.1 g/mol. The molecule has 1 aliphatic rings. The van der Waals surface area contributed by atoms with Gasteiger partial charge in [0.1, 0.15) is 13.2 Å². The molecule has 1 heterocycles. The summed E-state index contributed by atoms with van der Waals surface area (Å²) in [4.78, 5) is 0. The van der Waals surface area contributed by atoms with Gasteiger partial charge in [-0.2, -0.15) is 0 Å². The lowest BCUT2D eigenvalue weighted by Crippen LogP contribution is -1.93. The molecule has 1 atom stereocenters. The zero-order chi connectivity index (χ0) is 5.11. The van der Waals surface area contributed by atoms with Crippen LogP contribution in [0.1, 0.15) is 0 Å². The molecule has 1 unspecified atom stereocenters. The third-order valence-corrected chi connectivity index (χ3v) is 0.655. The van der Waals surface area contributed by atoms with Crippen LogP contribution >= 0.6 is 0 Å². The zero-order valence-corrected chi connectivity index (χ0v) is 3.89. The fourth-order valence-corrected chi connectivity index (χ4v) is 0.277. The second-order valence-corrected chi connectivity index (χ2v) is 1.28. The van der Waals surface area contributed by atoms with Crippen molar-refractivity contribution < 1.29 is 9.47 Å². The second kappa shape index (κ2) is 1.97. The minimum absolute atomic E-state index is 0.0102. The van der Waals surface area contributed by atoms with Crippen molar-refractivity contribution in [3.63, 3.8) is 0 Å². The smallest absolute Gasteiger partial charge is 0.182 e. The summed E-state index contributed by atoms with van der Waals surface area (Å²) in [6.07, 6.45) is 4.88. The van der Waals surface area contributed by atoms with Gasteiger partial charge in [-0.25, -0.2) is 0 Å². The van der Waals surface area contributed by atoms with Gasteiger partial charge in [-0.3, -0.25) is 0 Å². The number of rotatable bonds is 2. The van der Waals surface area contributed by atoms with Crippen LogP contribution in [0.25, 0.3) is 0 Å². The van der Waals surface area contributed by atoms with Crippen LogP contribution in [-0.4, -0.2) is 19.5 Å². The van der Waals surface area contributed by atoms with Gasteiger partial charge in [0.15, 0.2) is 6.29 Å². The van der Waals surface area contributed by atoms with E-state index in [0.717, 1.165) is 0 Å². The Morgan fingerprint density at radius 1 is 2.00 bits per heavy atom. The first-order chi connectivity index (χ1) is 3.43. The monoisotopic (exact) mass is 98.0 g/mol. The van der Waals surface area contributed by atoms with E-state index in [4.69, 9.17) is 15.9 Å². The highest BCUT2D eigenvalue weighted by Crippen LogP contribution is 2.08. The van der Waals surface area contributed by atoms with Crippen molar-refractivity contribution in [3.8, 4) is 12.3 Å². The van der Waals surface area contributed by atoms with E-state index in [2.05, 4.69) is 5.92 Å². The van der Waals surface area contributed by atoms with Gasteiger partial charge in [-0.1, -0.05) is 5.92 Å². The first-order valence-corrected chi connectivity index (χ1v) is 2.10. The van der Waals surface area contributed by atoms with Gasteiger partial charge in [0.2, 0.25) is 0 Å². The molecule has 2 heteroatoms. The molecule has 38 valence electrons. The largest absolute Gasteiger partial charge is 0.345 e.